The van der Waals surface area contributed by atoms with E-state index in [-0.39, 0.29) is 5.91 Å². The number of morpholine rings is 1. The highest BCUT2D eigenvalue weighted by atomic mass is 35.5. The maximum absolute atomic E-state index is 12.7. The molecule has 4 rings (SSSR count). The van der Waals surface area contributed by atoms with Gasteiger partial charge in [-0.05, 0) is 18.2 Å². The number of halogens is 1. The van der Waals surface area contributed by atoms with Crippen LogP contribution in [0.15, 0.2) is 60.9 Å². The zero-order valence-corrected chi connectivity index (χ0v) is 15.9. The number of carbonyl (C=O) groups excluding carboxylic acids is 1. The van der Waals surface area contributed by atoms with Gasteiger partial charge in [-0.25, -0.2) is 9.97 Å². The fourth-order valence-corrected chi connectivity index (χ4v) is 3.24. The lowest BCUT2D eigenvalue weighted by atomic mass is 10.2. The molecule has 1 amide bonds. The Hall–Kier alpha value is -2.96. The van der Waals surface area contributed by atoms with Crippen LogP contribution in [0.1, 0.15) is 10.4 Å². The average Bonchev–Trinajstić information content (AvgIpc) is 2.75. The number of amides is 1. The molecule has 7 heteroatoms. The van der Waals surface area contributed by atoms with Gasteiger partial charge in [0.15, 0.2) is 5.82 Å². The van der Waals surface area contributed by atoms with Crippen LogP contribution in [-0.4, -0.2) is 42.2 Å². The molecule has 1 aliphatic heterocycles. The zero-order chi connectivity index (χ0) is 19.3. The van der Waals surface area contributed by atoms with Gasteiger partial charge in [0.2, 0.25) is 0 Å². The summed E-state index contributed by atoms with van der Waals surface area (Å²) in [5, 5.41) is 3.50. The van der Waals surface area contributed by atoms with E-state index in [0.29, 0.717) is 35.3 Å². The molecule has 0 bridgehead atoms. The molecule has 3 aromatic rings. The minimum Gasteiger partial charge on any atom is -0.378 e. The molecule has 0 unspecified atom stereocenters. The number of hydrogen-bond acceptors (Lipinski definition) is 5. The molecule has 2 heterocycles. The van der Waals surface area contributed by atoms with Gasteiger partial charge in [-0.2, -0.15) is 0 Å². The van der Waals surface area contributed by atoms with Gasteiger partial charge in [0.25, 0.3) is 5.91 Å². The molecular weight excluding hydrogens is 376 g/mol. The van der Waals surface area contributed by atoms with E-state index in [1.807, 2.05) is 42.5 Å². The van der Waals surface area contributed by atoms with Crippen molar-refractivity contribution in [2.45, 2.75) is 0 Å². The zero-order valence-electron chi connectivity index (χ0n) is 15.1. The molecule has 0 aliphatic carbocycles. The molecule has 142 valence electrons. The van der Waals surface area contributed by atoms with Gasteiger partial charge in [0.1, 0.15) is 0 Å². The van der Waals surface area contributed by atoms with E-state index in [1.54, 1.807) is 6.07 Å². The molecule has 1 aliphatic rings. The highest BCUT2D eigenvalue weighted by molar-refractivity contribution is 6.31. The molecule has 1 aromatic heterocycles. The molecule has 0 radical (unpaired) electrons. The van der Waals surface area contributed by atoms with Crippen LogP contribution in [0.2, 0.25) is 5.02 Å². The lowest BCUT2D eigenvalue weighted by Crippen LogP contribution is -2.36. The van der Waals surface area contributed by atoms with E-state index in [2.05, 4.69) is 20.2 Å². The van der Waals surface area contributed by atoms with Crippen LogP contribution in [-0.2, 0) is 4.74 Å². The molecular formula is C21H19ClN4O2. The number of rotatable bonds is 4. The standard InChI is InChI=1S/C21H19ClN4O2/c22-17-6-7-19(26-8-10-28-11-9-26)18(12-17)25-21(27)16-13-23-20(24-14-16)15-4-2-1-3-5-15/h1-7,12-14H,8-11H2,(H,25,27). The summed E-state index contributed by atoms with van der Waals surface area (Å²) in [6.07, 6.45) is 3.06. The fourth-order valence-electron chi connectivity index (χ4n) is 3.06. The summed E-state index contributed by atoms with van der Waals surface area (Å²) in [4.78, 5) is 23.5. The molecule has 0 spiro atoms. The molecule has 6 nitrogen and oxygen atoms in total. The lowest BCUT2D eigenvalue weighted by Gasteiger charge is -2.30. The van der Waals surface area contributed by atoms with Gasteiger partial charge < -0.3 is 15.0 Å². The van der Waals surface area contributed by atoms with Crippen molar-refractivity contribution in [1.29, 1.82) is 0 Å². The third-order valence-electron chi connectivity index (χ3n) is 4.50. The van der Waals surface area contributed by atoms with Gasteiger partial charge in [0, 0.05) is 36.1 Å². The van der Waals surface area contributed by atoms with Crippen molar-refractivity contribution in [3.63, 3.8) is 0 Å². The SMILES string of the molecule is O=C(Nc1cc(Cl)ccc1N1CCOCC1)c1cnc(-c2ccccc2)nc1. The smallest absolute Gasteiger partial charge is 0.258 e. The first kappa shape index (κ1) is 18.4. The van der Waals surface area contributed by atoms with Crippen LogP contribution < -0.4 is 10.2 Å². The summed E-state index contributed by atoms with van der Waals surface area (Å²) in [5.41, 5.74) is 2.86. The summed E-state index contributed by atoms with van der Waals surface area (Å²) in [7, 11) is 0. The van der Waals surface area contributed by atoms with Crippen molar-refractivity contribution in [3.05, 3.63) is 71.5 Å². The second kappa shape index (κ2) is 8.37. The van der Waals surface area contributed by atoms with Crippen molar-refractivity contribution in [2.24, 2.45) is 0 Å². The van der Waals surface area contributed by atoms with Crippen molar-refractivity contribution in [2.75, 3.05) is 36.5 Å². The monoisotopic (exact) mass is 394 g/mol. The Kier molecular flexibility index (Phi) is 5.50. The molecule has 0 saturated carbocycles. The van der Waals surface area contributed by atoms with E-state index in [9.17, 15) is 4.79 Å². The normalized spacial score (nSPS) is 14.0. The quantitative estimate of drug-likeness (QED) is 0.727. The van der Waals surface area contributed by atoms with Gasteiger partial charge >= 0.3 is 0 Å². The molecule has 2 aromatic carbocycles. The topological polar surface area (TPSA) is 67.4 Å². The number of ether oxygens (including phenoxy) is 1. The first-order valence-electron chi connectivity index (χ1n) is 9.02. The highest BCUT2D eigenvalue weighted by Crippen LogP contribution is 2.30. The summed E-state index contributed by atoms with van der Waals surface area (Å²) < 4.78 is 5.41. The van der Waals surface area contributed by atoms with E-state index in [0.717, 1.165) is 24.3 Å². The van der Waals surface area contributed by atoms with Crippen LogP contribution in [0, 0.1) is 0 Å². The third-order valence-corrected chi connectivity index (χ3v) is 4.74. The molecule has 28 heavy (non-hydrogen) atoms. The van der Waals surface area contributed by atoms with Crippen molar-refractivity contribution in [3.8, 4) is 11.4 Å². The second-order valence-corrected chi connectivity index (χ2v) is 6.81. The number of benzene rings is 2. The number of aromatic nitrogens is 2. The number of hydrogen-bond donors (Lipinski definition) is 1. The van der Waals surface area contributed by atoms with E-state index < -0.39 is 0 Å². The van der Waals surface area contributed by atoms with Crippen LogP contribution in [0.3, 0.4) is 0 Å². The molecule has 1 saturated heterocycles. The van der Waals surface area contributed by atoms with Crippen molar-refractivity contribution in [1.82, 2.24) is 9.97 Å². The number of anilines is 2. The first-order valence-corrected chi connectivity index (χ1v) is 9.39. The van der Waals surface area contributed by atoms with Gasteiger partial charge in [-0.15, -0.1) is 0 Å². The largest absolute Gasteiger partial charge is 0.378 e. The number of carbonyl (C=O) groups is 1. The van der Waals surface area contributed by atoms with Crippen LogP contribution in [0.4, 0.5) is 11.4 Å². The van der Waals surface area contributed by atoms with Crippen molar-refractivity contribution < 1.29 is 9.53 Å². The maximum atomic E-state index is 12.7. The maximum Gasteiger partial charge on any atom is 0.258 e. The second-order valence-electron chi connectivity index (χ2n) is 6.38. The Morgan fingerprint density at radius 3 is 2.46 bits per heavy atom. The Bertz CT molecular complexity index is 958. The third kappa shape index (κ3) is 4.13. The fraction of sp³-hybridized carbons (Fsp3) is 0.190. The Balaban J connectivity index is 1.54. The van der Waals surface area contributed by atoms with Crippen LogP contribution in [0.25, 0.3) is 11.4 Å². The average molecular weight is 395 g/mol. The number of nitrogens with one attached hydrogen (secondary N) is 1. The first-order chi connectivity index (χ1) is 13.7. The highest BCUT2D eigenvalue weighted by Gasteiger charge is 2.17. The van der Waals surface area contributed by atoms with E-state index in [1.165, 1.54) is 12.4 Å². The molecule has 1 N–H and O–H groups in total. The van der Waals surface area contributed by atoms with Crippen LogP contribution >= 0.6 is 11.6 Å². The lowest BCUT2D eigenvalue weighted by molar-refractivity contribution is 0.102. The van der Waals surface area contributed by atoms with Crippen molar-refractivity contribution >= 4 is 28.9 Å². The van der Waals surface area contributed by atoms with E-state index >= 15 is 0 Å². The molecule has 1 fully saturated rings. The van der Waals surface area contributed by atoms with Gasteiger partial charge in [-0.3, -0.25) is 4.79 Å². The summed E-state index contributed by atoms with van der Waals surface area (Å²) in [6.45, 7) is 2.84. The van der Waals surface area contributed by atoms with Crippen LogP contribution in [0.5, 0.6) is 0 Å². The van der Waals surface area contributed by atoms with Gasteiger partial charge in [0.05, 0.1) is 30.2 Å². The number of nitrogens with zero attached hydrogens (tertiary/aromatic N) is 3. The Labute approximate surface area is 168 Å². The van der Waals surface area contributed by atoms with E-state index in [4.69, 9.17) is 16.3 Å². The summed E-state index contributed by atoms with van der Waals surface area (Å²) in [5.74, 6) is 0.297. The predicted molar refractivity (Wildman–Crippen MR) is 110 cm³/mol. The van der Waals surface area contributed by atoms with Gasteiger partial charge in [-0.1, -0.05) is 41.9 Å². The summed E-state index contributed by atoms with van der Waals surface area (Å²) in [6, 6.07) is 15.1. The Morgan fingerprint density at radius 2 is 1.75 bits per heavy atom. The summed E-state index contributed by atoms with van der Waals surface area (Å²) >= 11 is 6.15. The Morgan fingerprint density at radius 1 is 1.04 bits per heavy atom. The molecule has 0 atom stereocenters. The minimum absolute atomic E-state index is 0.281. The predicted octanol–water partition coefficient (Wildman–Crippen LogP) is 3.89. The minimum atomic E-state index is -0.281.